The third-order valence-electron chi connectivity index (χ3n) is 2.40. The molecule has 0 radical (unpaired) electrons. The van der Waals surface area contributed by atoms with Gasteiger partial charge in [-0.05, 0) is 12.0 Å². The van der Waals surface area contributed by atoms with E-state index in [2.05, 4.69) is 4.98 Å². The van der Waals surface area contributed by atoms with Gasteiger partial charge in [0, 0.05) is 10.9 Å². The third-order valence-corrected chi connectivity index (χ3v) is 3.29. The van der Waals surface area contributed by atoms with Crippen molar-refractivity contribution in [3.63, 3.8) is 0 Å². The maximum Gasteiger partial charge on any atom is 0.443 e. The lowest BCUT2D eigenvalue weighted by atomic mass is 10.1. The third kappa shape index (κ3) is 2.66. The molecule has 0 aliphatic rings. The van der Waals surface area contributed by atoms with Gasteiger partial charge in [-0.1, -0.05) is 31.2 Å². The van der Waals surface area contributed by atoms with E-state index in [0.29, 0.717) is 22.6 Å². The van der Waals surface area contributed by atoms with Gasteiger partial charge in [-0.15, -0.1) is 11.3 Å². The first kappa shape index (κ1) is 12.1. The van der Waals surface area contributed by atoms with Crippen LogP contribution in [0.2, 0.25) is 0 Å². The fourth-order valence-electron chi connectivity index (χ4n) is 1.45. The van der Waals surface area contributed by atoms with Crippen LogP contribution in [0, 0.1) is 0 Å². The van der Waals surface area contributed by atoms with E-state index in [4.69, 9.17) is 0 Å². The highest BCUT2D eigenvalue weighted by Gasteiger charge is 2.34. The number of halogens is 3. The quantitative estimate of drug-likeness (QED) is 0.777. The summed E-state index contributed by atoms with van der Waals surface area (Å²) in [5, 5.41) is 0.635. The van der Waals surface area contributed by atoms with E-state index >= 15 is 0 Å². The fraction of sp³-hybridized carbons (Fsp3) is 0.250. The summed E-state index contributed by atoms with van der Waals surface area (Å²) in [4.78, 5) is 3.60. The van der Waals surface area contributed by atoms with Crippen LogP contribution in [0.5, 0.6) is 0 Å². The van der Waals surface area contributed by atoms with Gasteiger partial charge in [0.2, 0.25) is 0 Å². The van der Waals surface area contributed by atoms with E-state index < -0.39 is 11.2 Å². The Labute approximate surface area is 101 Å². The largest absolute Gasteiger partial charge is 0.443 e. The second kappa shape index (κ2) is 4.49. The lowest BCUT2D eigenvalue weighted by molar-refractivity contribution is -0.137. The summed E-state index contributed by atoms with van der Waals surface area (Å²) in [6.45, 7) is 2.03. The molecule has 90 valence electrons. The van der Waals surface area contributed by atoms with E-state index in [9.17, 15) is 13.2 Å². The predicted octanol–water partition coefficient (Wildman–Crippen LogP) is 4.39. The number of hydrogen-bond acceptors (Lipinski definition) is 2. The molecule has 5 heteroatoms. The topological polar surface area (TPSA) is 12.9 Å². The SMILES string of the molecule is CCc1ccc(-c2csc(C(F)(F)F)n2)cc1. The van der Waals surface area contributed by atoms with Crippen molar-refractivity contribution < 1.29 is 13.2 Å². The summed E-state index contributed by atoms with van der Waals surface area (Å²) in [5.74, 6) is 0. The molecule has 2 aromatic rings. The van der Waals surface area contributed by atoms with E-state index in [1.165, 1.54) is 5.38 Å². The standard InChI is InChI=1S/C12H10F3NS/c1-2-8-3-5-9(6-4-8)10-7-17-11(16-10)12(13,14)15/h3-7H,2H2,1H3. The molecular formula is C12H10F3NS. The van der Waals surface area contributed by atoms with Crippen LogP contribution in [-0.4, -0.2) is 4.98 Å². The Morgan fingerprint density at radius 1 is 1.18 bits per heavy atom. The van der Waals surface area contributed by atoms with Crippen LogP contribution >= 0.6 is 11.3 Å². The highest BCUT2D eigenvalue weighted by atomic mass is 32.1. The van der Waals surface area contributed by atoms with Crippen LogP contribution in [0.3, 0.4) is 0 Å². The van der Waals surface area contributed by atoms with Gasteiger partial charge in [-0.2, -0.15) is 13.2 Å². The molecule has 0 spiro atoms. The summed E-state index contributed by atoms with van der Waals surface area (Å²) in [6, 6.07) is 7.41. The van der Waals surface area contributed by atoms with Crippen molar-refractivity contribution in [2.24, 2.45) is 0 Å². The molecule has 0 aliphatic carbocycles. The Bertz CT molecular complexity index is 499. The van der Waals surface area contributed by atoms with Gasteiger partial charge in [-0.25, -0.2) is 4.98 Å². The summed E-state index contributed by atoms with van der Waals surface area (Å²) >= 11 is 0.625. The molecule has 0 saturated carbocycles. The second-order valence-corrected chi connectivity index (χ2v) is 4.44. The monoisotopic (exact) mass is 257 g/mol. The molecule has 0 atom stereocenters. The van der Waals surface area contributed by atoms with Crippen LogP contribution in [0.4, 0.5) is 13.2 Å². The predicted molar refractivity (Wildman–Crippen MR) is 61.9 cm³/mol. The molecule has 1 aromatic heterocycles. The number of benzene rings is 1. The molecule has 1 nitrogen and oxygen atoms in total. The van der Waals surface area contributed by atoms with Crippen LogP contribution < -0.4 is 0 Å². The molecule has 0 bridgehead atoms. The first-order chi connectivity index (χ1) is 8.00. The smallest absolute Gasteiger partial charge is 0.232 e. The van der Waals surface area contributed by atoms with Crippen molar-refractivity contribution >= 4 is 11.3 Å². The minimum Gasteiger partial charge on any atom is -0.232 e. The number of thiazole rings is 1. The highest BCUT2D eigenvalue weighted by Crippen LogP contribution is 2.34. The van der Waals surface area contributed by atoms with Gasteiger partial charge in [0.25, 0.3) is 0 Å². The summed E-state index contributed by atoms with van der Waals surface area (Å²) in [6.07, 6.45) is -3.45. The molecule has 0 fully saturated rings. The highest BCUT2D eigenvalue weighted by molar-refractivity contribution is 7.10. The number of nitrogens with zero attached hydrogens (tertiary/aromatic N) is 1. The molecule has 0 amide bonds. The minimum absolute atomic E-state index is 0.380. The lowest BCUT2D eigenvalue weighted by Crippen LogP contribution is -2.03. The molecule has 1 heterocycles. The number of aryl methyl sites for hydroxylation is 1. The molecule has 2 rings (SSSR count). The van der Waals surface area contributed by atoms with Gasteiger partial charge >= 0.3 is 6.18 Å². The Balaban J connectivity index is 2.30. The molecule has 0 unspecified atom stereocenters. The first-order valence-corrected chi connectivity index (χ1v) is 6.00. The zero-order valence-electron chi connectivity index (χ0n) is 9.08. The minimum atomic E-state index is -4.35. The molecule has 0 N–H and O–H groups in total. The molecule has 0 aliphatic heterocycles. The average molecular weight is 257 g/mol. The van der Waals surface area contributed by atoms with E-state index in [-0.39, 0.29) is 0 Å². The molecule has 1 aromatic carbocycles. The molecule has 17 heavy (non-hydrogen) atoms. The van der Waals surface area contributed by atoms with E-state index in [1.54, 1.807) is 12.1 Å². The Kier molecular flexibility index (Phi) is 3.19. The van der Waals surface area contributed by atoms with Crippen molar-refractivity contribution in [2.75, 3.05) is 0 Å². The molecule has 0 saturated heterocycles. The van der Waals surface area contributed by atoms with Crippen LogP contribution in [-0.2, 0) is 12.6 Å². The van der Waals surface area contributed by atoms with Gasteiger partial charge < -0.3 is 0 Å². The first-order valence-electron chi connectivity index (χ1n) is 5.12. The molecular weight excluding hydrogens is 247 g/mol. The normalized spacial score (nSPS) is 11.8. The van der Waals surface area contributed by atoms with Gasteiger partial charge in [0.1, 0.15) is 0 Å². The summed E-state index contributed by atoms with van der Waals surface area (Å²) in [7, 11) is 0. The van der Waals surface area contributed by atoms with Gasteiger partial charge in [0.05, 0.1) is 5.69 Å². The Hall–Kier alpha value is -1.36. The van der Waals surface area contributed by atoms with E-state index in [1.807, 2.05) is 19.1 Å². The maximum absolute atomic E-state index is 12.4. The summed E-state index contributed by atoms with van der Waals surface area (Å²) < 4.78 is 37.2. The van der Waals surface area contributed by atoms with Crippen LogP contribution in [0.1, 0.15) is 17.5 Å². The van der Waals surface area contributed by atoms with Crippen molar-refractivity contribution in [3.05, 3.63) is 40.2 Å². The number of aromatic nitrogens is 1. The van der Waals surface area contributed by atoms with Crippen molar-refractivity contribution in [3.8, 4) is 11.3 Å². The number of rotatable bonds is 2. The van der Waals surface area contributed by atoms with Gasteiger partial charge in [-0.3, -0.25) is 0 Å². The maximum atomic E-state index is 12.4. The lowest BCUT2D eigenvalue weighted by Gasteiger charge is -2.01. The van der Waals surface area contributed by atoms with Crippen molar-refractivity contribution in [2.45, 2.75) is 19.5 Å². The van der Waals surface area contributed by atoms with Crippen LogP contribution in [0.15, 0.2) is 29.6 Å². The summed E-state index contributed by atoms with van der Waals surface area (Å²) in [5.41, 5.74) is 2.25. The van der Waals surface area contributed by atoms with Crippen LogP contribution in [0.25, 0.3) is 11.3 Å². The zero-order valence-corrected chi connectivity index (χ0v) is 9.90. The Morgan fingerprint density at radius 2 is 1.82 bits per heavy atom. The average Bonchev–Trinajstić information content (AvgIpc) is 2.78. The number of alkyl halides is 3. The van der Waals surface area contributed by atoms with Gasteiger partial charge in [0.15, 0.2) is 5.01 Å². The van der Waals surface area contributed by atoms with Crippen molar-refractivity contribution in [1.29, 1.82) is 0 Å². The second-order valence-electron chi connectivity index (χ2n) is 3.59. The zero-order chi connectivity index (χ0) is 12.5. The van der Waals surface area contributed by atoms with Crippen molar-refractivity contribution in [1.82, 2.24) is 4.98 Å². The number of hydrogen-bond donors (Lipinski definition) is 0. The van der Waals surface area contributed by atoms with E-state index in [0.717, 1.165) is 12.0 Å². The fourth-order valence-corrected chi connectivity index (χ4v) is 2.14. The Morgan fingerprint density at radius 3 is 2.29 bits per heavy atom.